The van der Waals surface area contributed by atoms with Gasteiger partial charge in [0.1, 0.15) is 5.82 Å². The van der Waals surface area contributed by atoms with Crippen LogP contribution >= 0.6 is 0 Å². The van der Waals surface area contributed by atoms with E-state index in [0.717, 1.165) is 43.1 Å². The zero-order chi connectivity index (χ0) is 22.1. The first-order valence-corrected chi connectivity index (χ1v) is 11.0. The maximum atomic E-state index is 5.48. The molecule has 3 heterocycles. The zero-order valence-electron chi connectivity index (χ0n) is 18.7. The zero-order valence-corrected chi connectivity index (χ0v) is 18.7. The van der Waals surface area contributed by atoms with Crippen LogP contribution in [0, 0.1) is 20.8 Å². The minimum atomic E-state index is 0.486. The molecule has 0 spiro atoms. The first-order chi connectivity index (χ1) is 15.6. The lowest BCUT2D eigenvalue weighted by Gasteiger charge is -2.37. The molecule has 0 radical (unpaired) electrons. The van der Waals surface area contributed by atoms with Crippen LogP contribution in [0.4, 0.5) is 11.5 Å². The largest absolute Gasteiger partial charge is 0.368 e. The van der Waals surface area contributed by atoms with Crippen LogP contribution in [0.2, 0.25) is 0 Å². The van der Waals surface area contributed by atoms with Crippen molar-refractivity contribution < 1.29 is 4.52 Å². The van der Waals surface area contributed by atoms with Gasteiger partial charge in [-0.05, 0) is 50.1 Å². The van der Waals surface area contributed by atoms with E-state index in [9.17, 15) is 0 Å². The number of piperazine rings is 1. The molecule has 1 aliphatic rings. The van der Waals surface area contributed by atoms with Crippen molar-refractivity contribution in [1.82, 2.24) is 15.1 Å². The molecule has 32 heavy (non-hydrogen) atoms. The van der Waals surface area contributed by atoms with E-state index in [0.29, 0.717) is 11.7 Å². The SMILES string of the molecule is Cc1ccc(-c2noc(-c3ccc(N4CCN(c5cc(C)ccc5C)CC4)nc3)n2)cc1. The molecule has 6 heteroatoms. The predicted octanol–water partition coefficient (Wildman–Crippen LogP) is 5.05. The molecular formula is C26H27N5O. The van der Waals surface area contributed by atoms with E-state index in [2.05, 4.69) is 63.9 Å². The van der Waals surface area contributed by atoms with Crippen LogP contribution in [-0.4, -0.2) is 41.3 Å². The lowest BCUT2D eigenvalue weighted by atomic mass is 10.1. The number of nitrogens with zero attached hydrogens (tertiary/aromatic N) is 5. The van der Waals surface area contributed by atoms with Gasteiger partial charge in [0, 0.05) is 43.6 Å². The van der Waals surface area contributed by atoms with Crippen molar-refractivity contribution in [2.45, 2.75) is 20.8 Å². The highest BCUT2D eigenvalue weighted by molar-refractivity contribution is 5.61. The Kier molecular flexibility index (Phi) is 5.35. The van der Waals surface area contributed by atoms with E-state index in [4.69, 9.17) is 4.52 Å². The van der Waals surface area contributed by atoms with Gasteiger partial charge in [0.05, 0.1) is 5.56 Å². The third-order valence-electron chi connectivity index (χ3n) is 6.04. The fourth-order valence-corrected chi connectivity index (χ4v) is 4.10. The van der Waals surface area contributed by atoms with Gasteiger partial charge in [0.2, 0.25) is 5.82 Å². The second-order valence-corrected chi connectivity index (χ2v) is 8.46. The topological polar surface area (TPSA) is 58.3 Å². The lowest BCUT2D eigenvalue weighted by molar-refractivity contribution is 0.432. The van der Waals surface area contributed by atoms with Crippen LogP contribution in [0.5, 0.6) is 0 Å². The average molecular weight is 426 g/mol. The second-order valence-electron chi connectivity index (χ2n) is 8.46. The highest BCUT2D eigenvalue weighted by Crippen LogP contribution is 2.26. The van der Waals surface area contributed by atoms with E-state index in [1.54, 1.807) is 0 Å². The molecule has 0 unspecified atom stereocenters. The van der Waals surface area contributed by atoms with Crippen LogP contribution in [0.15, 0.2) is 65.3 Å². The molecule has 0 aliphatic carbocycles. The van der Waals surface area contributed by atoms with Gasteiger partial charge in [-0.1, -0.05) is 47.1 Å². The smallest absolute Gasteiger partial charge is 0.259 e. The van der Waals surface area contributed by atoms with E-state index in [1.165, 1.54) is 22.4 Å². The highest BCUT2D eigenvalue weighted by Gasteiger charge is 2.20. The van der Waals surface area contributed by atoms with Crippen LogP contribution in [0.3, 0.4) is 0 Å². The van der Waals surface area contributed by atoms with Crippen LogP contribution in [0.25, 0.3) is 22.8 Å². The Morgan fingerprint density at radius 2 is 1.44 bits per heavy atom. The Bertz CT molecular complexity index is 1210. The van der Waals surface area contributed by atoms with E-state index >= 15 is 0 Å². The molecule has 6 nitrogen and oxygen atoms in total. The van der Waals surface area contributed by atoms with Crippen molar-refractivity contribution in [3.8, 4) is 22.8 Å². The molecule has 0 saturated carbocycles. The van der Waals surface area contributed by atoms with Gasteiger partial charge in [-0.2, -0.15) is 4.98 Å². The Morgan fingerprint density at radius 3 is 2.16 bits per heavy atom. The number of hydrogen-bond donors (Lipinski definition) is 0. The summed E-state index contributed by atoms with van der Waals surface area (Å²) in [7, 11) is 0. The summed E-state index contributed by atoms with van der Waals surface area (Å²) < 4.78 is 5.48. The van der Waals surface area contributed by atoms with Crippen molar-refractivity contribution in [3.63, 3.8) is 0 Å². The third-order valence-corrected chi connectivity index (χ3v) is 6.04. The molecule has 0 atom stereocenters. The average Bonchev–Trinajstić information content (AvgIpc) is 3.32. The quantitative estimate of drug-likeness (QED) is 0.456. The summed E-state index contributed by atoms with van der Waals surface area (Å²) in [6.45, 7) is 10.2. The molecule has 2 aromatic carbocycles. The number of pyridine rings is 1. The van der Waals surface area contributed by atoms with Gasteiger partial charge < -0.3 is 14.3 Å². The molecule has 1 fully saturated rings. The van der Waals surface area contributed by atoms with E-state index < -0.39 is 0 Å². The Labute approximate surface area is 188 Å². The summed E-state index contributed by atoms with van der Waals surface area (Å²) in [5, 5.41) is 4.13. The minimum absolute atomic E-state index is 0.486. The van der Waals surface area contributed by atoms with Crippen LogP contribution in [0.1, 0.15) is 16.7 Å². The highest BCUT2D eigenvalue weighted by atomic mass is 16.5. The van der Waals surface area contributed by atoms with Gasteiger partial charge >= 0.3 is 0 Å². The predicted molar refractivity (Wildman–Crippen MR) is 128 cm³/mol. The number of anilines is 2. The van der Waals surface area contributed by atoms with Gasteiger partial charge in [0.15, 0.2) is 0 Å². The number of rotatable bonds is 4. The summed E-state index contributed by atoms with van der Waals surface area (Å²) in [5.74, 6) is 2.05. The molecule has 0 amide bonds. The fraction of sp³-hybridized carbons (Fsp3) is 0.269. The van der Waals surface area contributed by atoms with Gasteiger partial charge in [-0.15, -0.1) is 0 Å². The third kappa shape index (κ3) is 4.08. The molecule has 4 aromatic rings. The molecule has 0 N–H and O–H groups in total. The maximum Gasteiger partial charge on any atom is 0.259 e. The van der Waals surface area contributed by atoms with Gasteiger partial charge in [-0.25, -0.2) is 4.98 Å². The number of benzene rings is 2. The molecule has 162 valence electrons. The Morgan fingerprint density at radius 1 is 0.750 bits per heavy atom. The first kappa shape index (κ1) is 20.2. The maximum absolute atomic E-state index is 5.48. The molecule has 1 aliphatic heterocycles. The van der Waals surface area contributed by atoms with Gasteiger partial charge in [-0.3, -0.25) is 0 Å². The normalized spacial score (nSPS) is 14.1. The summed E-state index contributed by atoms with van der Waals surface area (Å²) >= 11 is 0. The number of hydrogen-bond acceptors (Lipinski definition) is 6. The van der Waals surface area contributed by atoms with Crippen LogP contribution < -0.4 is 9.80 Å². The molecular weight excluding hydrogens is 398 g/mol. The number of aryl methyl sites for hydroxylation is 3. The first-order valence-electron chi connectivity index (χ1n) is 11.0. The monoisotopic (exact) mass is 425 g/mol. The van der Waals surface area contributed by atoms with Crippen molar-refractivity contribution in [3.05, 3.63) is 77.5 Å². The second kappa shape index (κ2) is 8.46. The summed E-state index contributed by atoms with van der Waals surface area (Å²) in [6, 6.07) is 18.8. The standard InChI is InChI=1S/C26H27N5O/c1-18-5-8-21(9-6-18)25-28-26(32-29-25)22-10-11-24(27-17-22)31-14-12-30(13-15-31)23-16-19(2)4-7-20(23)3/h4-11,16-17H,12-15H2,1-3H3. The molecule has 0 bridgehead atoms. The van der Waals surface area contributed by atoms with Gasteiger partial charge in [0.25, 0.3) is 5.89 Å². The van der Waals surface area contributed by atoms with E-state index in [1.807, 2.05) is 42.6 Å². The summed E-state index contributed by atoms with van der Waals surface area (Å²) in [4.78, 5) is 14.0. The Balaban J connectivity index is 1.26. The summed E-state index contributed by atoms with van der Waals surface area (Å²) in [6.07, 6.45) is 1.82. The van der Waals surface area contributed by atoms with Crippen molar-refractivity contribution in [1.29, 1.82) is 0 Å². The summed E-state index contributed by atoms with van der Waals surface area (Å²) in [5.41, 5.74) is 6.94. The minimum Gasteiger partial charge on any atom is -0.368 e. The molecule has 1 saturated heterocycles. The van der Waals surface area contributed by atoms with Crippen molar-refractivity contribution >= 4 is 11.5 Å². The molecule has 2 aromatic heterocycles. The lowest BCUT2D eigenvalue weighted by Crippen LogP contribution is -2.47. The Hall–Kier alpha value is -3.67. The molecule has 5 rings (SSSR count). The number of aromatic nitrogens is 3. The van der Waals surface area contributed by atoms with Crippen LogP contribution in [-0.2, 0) is 0 Å². The van der Waals surface area contributed by atoms with Crippen molar-refractivity contribution in [2.75, 3.05) is 36.0 Å². The van der Waals surface area contributed by atoms with E-state index in [-0.39, 0.29) is 0 Å². The fourth-order valence-electron chi connectivity index (χ4n) is 4.10. The van der Waals surface area contributed by atoms with Crippen molar-refractivity contribution in [2.24, 2.45) is 0 Å².